The fourth-order valence-electron chi connectivity index (χ4n) is 1.89. The molecule has 0 spiro atoms. The second kappa shape index (κ2) is 8.46. The molecule has 0 aliphatic heterocycles. The first-order valence-electron chi connectivity index (χ1n) is 6.99. The summed E-state index contributed by atoms with van der Waals surface area (Å²) in [5.74, 6) is -1.21. The maximum Gasteiger partial charge on any atom is 0.310 e. The second-order valence-corrected chi connectivity index (χ2v) is 5.78. The summed E-state index contributed by atoms with van der Waals surface area (Å²) >= 11 is 11.4. The minimum atomic E-state index is -0.663. The Morgan fingerprint density at radius 3 is 2.44 bits per heavy atom. The third-order valence-electron chi connectivity index (χ3n) is 3.05. The lowest BCUT2D eigenvalue weighted by Gasteiger charge is -2.07. The van der Waals surface area contributed by atoms with Gasteiger partial charge in [0.2, 0.25) is 0 Å². The topological polar surface area (TPSA) is 98.5 Å². The highest BCUT2D eigenvalue weighted by Gasteiger charge is 2.14. The van der Waals surface area contributed by atoms with Crippen LogP contribution in [0.25, 0.3) is 0 Å². The lowest BCUT2D eigenvalue weighted by Crippen LogP contribution is -2.21. The van der Waals surface area contributed by atoms with Gasteiger partial charge >= 0.3 is 5.97 Å². The van der Waals surface area contributed by atoms with Crippen molar-refractivity contribution in [3.05, 3.63) is 68.2 Å². The minimum absolute atomic E-state index is 0.00311. The highest BCUT2D eigenvalue weighted by Crippen LogP contribution is 2.27. The van der Waals surface area contributed by atoms with Crippen molar-refractivity contribution in [2.45, 2.75) is 6.42 Å². The summed E-state index contributed by atoms with van der Waals surface area (Å²) in [7, 11) is 0. The average molecular weight is 383 g/mol. The van der Waals surface area contributed by atoms with Crippen LogP contribution in [-0.2, 0) is 20.7 Å². The summed E-state index contributed by atoms with van der Waals surface area (Å²) in [5, 5.41) is 13.7. The minimum Gasteiger partial charge on any atom is -0.455 e. The Labute approximate surface area is 152 Å². The van der Waals surface area contributed by atoms with Crippen molar-refractivity contribution in [2.24, 2.45) is 0 Å². The van der Waals surface area contributed by atoms with Crippen molar-refractivity contribution < 1.29 is 19.2 Å². The molecule has 2 aromatic rings. The smallest absolute Gasteiger partial charge is 0.310 e. The lowest BCUT2D eigenvalue weighted by molar-refractivity contribution is -0.384. The number of nitro benzene ring substituents is 1. The SMILES string of the molecule is O=C(COC(=O)Cc1ccc(Cl)cc1)Nc1ccc(Cl)c([N+](=O)[O-])c1. The molecule has 0 unspecified atom stereocenters. The third-order valence-corrected chi connectivity index (χ3v) is 3.62. The third kappa shape index (κ3) is 5.74. The zero-order valence-corrected chi connectivity index (χ0v) is 14.2. The van der Waals surface area contributed by atoms with Crippen LogP contribution in [0.3, 0.4) is 0 Å². The van der Waals surface area contributed by atoms with E-state index in [1.54, 1.807) is 24.3 Å². The molecule has 1 amide bonds. The van der Waals surface area contributed by atoms with Crippen LogP contribution in [0, 0.1) is 10.1 Å². The van der Waals surface area contributed by atoms with E-state index in [0.717, 1.165) is 6.07 Å². The zero-order chi connectivity index (χ0) is 18.4. The number of nitrogens with one attached hydrogen (secondary N) is 1. The van der Waals surface area contributed by atoms with Gasteiger partial charge in [0.05, 0.1) is 11.3 Å². The molecule has 0 aromatic heterocycles. The summed E-state index contributed by atoms with van der Waals surface area (Å²) in [6, 6.07) is 10.5. The van der Waals surface area contributed by atoms with E-state index in [4.69, 9.17) is 27.9 Å². The van der Waals surface area contributed by atoms with Crippen LogP contribution in [-0.4, -0.2) is 23.4 Å². The van der Waals surface area contributed by atoms with Gasteiger partial charge in [-0.25, -0.2) is 0 Å². The molecule has 0 atom stereocenters. The second-order valence-electron chi connectivity index (χ2n) is 4.94. The number of anilines is 1. The van der Waals surface area contributed by atoms with Crippen LogP contribution >= 0.6 is 23.2 Å². The van der Waals surface area contributed by atoms with Gasteiger partial charge in [0.15, 0.2) is 6.61 Å². The van der Waals surface area contributed by atoms with E-state index in [-0.39, 0.29) is 22.8 Å². The first kappa shape index (κ1) is 18.7. The van der Waals surface area contributed by atoms with Crippen LogP contribution < -0.4 is 5.32 Å². The summed E-state index contributed by atoms with van der Waals surface area (Å²) < 4.78 is 4.87. The molecule has 2 aromatic carbocycles. The van der Waals surface area contributed by atoms with E-state index in [2.05, 4.69) is 5.32 Å². The number of amides is 1. The first-order chi connectivity index (χ1) is 11.8. The van der Waals surface area contributed by atoms with Crippen LogP contribution in [0.1, 0.15) is 5.56 Å². The number of carbonyl (C=O) groups excluding carboxylic acids is 2. The van der Waals surface area contributed by atoms with Gasteiger partial charge < -0.3 is 10.1 Å². The number of nitro groups is 1. The van der Waals surface area contributed by atoms with Gasteiger partial charge in [0.25, 0.3) is 11.6 Å². The van der Waals surface area contributed by atoms with E-state index in [1.165, 1.54) is 12.1 Å². The maximum absolute atomic E-state index is 11.8. The number of rotatable bonds is 6. The molecular weight excluding hydrogens is 371 g/mol. The van der Waals surface area contributed by atoms with Gasteiger partial charge in [-0.05, 0) is 29.8 Å². The normalized spacial score (nSPS) is 10.2. The zero-order valence-electron chi connectivity index (χ0n) is 12.7. The summed E-state index contributed by atoms with van der Waals surface area (Å²) in [6.45, 7) is -0.511. The average Bonchev–Trinajstić information content (AvgIpc) is 2.56. The molecule has 0 aliphatic rings. The molecule has 2 rings (SSSR count). The summed E-state index contributed by atoms with van der Waals surface area (Å²) in [5.41, 5.74) is 0.539. The molecule has 0 heterocycles. The Kier molecular flexibility index (Phi) is 6.32. The number of carbonyl (C=O) groups is 2. The molecule has 0 saturated heterocycles. The predicted octanol–water partition coefficient (Wildman–Crippen LogP) is 3.63. The molecule has 0 bridgehead atoms. The molecule has 0 fully saturated rings. The summed E-state index contributed by atoms with van der Waals surface area (Å²) in [6.07, 6.45) is -0.00311. The van der Waals surface area contributed by atoms with Gasteiger partial charge in [-0.3, -0.25) is 19.7 Å². The molecule has 0 saturated carbocycles. The van der Waals surface area contributed by atoms with Gasteiger partial charge in [-0.15, -0.1) is 0 Å². The Hall–Kier alpha value is -2.64. The Morgan fingerprint density at radius 1 is 1.12 bits per heavy atom. The van der Waals surface area contributed by atoms with E-state index >= 15 is 0 Å². The molecule has 9 heteroatoms. The van der Waals surface area contributed by atoms with Crippen molar-refractivity contribution in [1.29, 1.82) is 0 Å². The highest BCUT2D eigenvalue weighted by atomic mass is 35.5. The first-order valence-corrected chi connectivity index (χ1v) is 7.74. The molecule has 7 nitrogen and oxygen atoms in total. The van der Waals surface area contributed by atoms with Crippen LogP contribution in [0.4, 0.5) is 11.4 Å². The predicted molar refractivity (Wildman–Crippen MR) is 92.9 cm³/mol. The van der Waals surface area contributed by atoms with Crippen LogP contribution in [0.5, 0.6) is 0 Å². The number of nitrogens with zero attached hydrogens (tertiary/aromatic N) is 1. The number of esters is 1. The van der Waals surface area contributed by atoms with Crippen molar-refractivity contribution in [3.8, 4) is 0 Å². The standard InChI is InChI=1S/C16H12Cl2N2O5/c17-11-3-1-10(2-4-11)7-16(22)25-9-15(21)19-12-5-6-13(18)14(8-12)20(23)24/h1-6,8H,7,9H2,(H,19,21). The summed E-state index contributed by atoms with van der Waals surface area (Å²) in [4.78, 5) is 33.6. The fraction of sp³-hybridized carbons (Fsp3) is 0.125. The number of hydrogen-bond donors (Lipinski definition) is 1. The van der Waals surface area contributed by atoms with E-state index < -0.39 is 23.4 Å². The number of benzene rings is 2. The van der Waals surface area contributed by atoms with Gasteiger partial charge in [0, 0.05) is 16.8 Å². The van der Waals surface area contributed by atoms with Crippen molar-refractivity contribution in [2.75, 3.05) is 11.9 Å². The number of ether oxygens (including phenoxy) is 1. The van der Waals surface area contributed by atoms with Crippen LogP contribution in [0.2, 0.25) is 10.0 Å². The van der Waals surface area contributed by atoms with Gasteiger partial charge in [-0.2, -0.15) is 0 Å². The molecule has 130 valence electrons. The molecule has 1 N–H and O–H groups in total. The van der Waals surface area contributed by atoms with E-state index in [1.807, 2.05) is 0 Å². The largest absolute Gasteiger partial charge is 0.455 e. The maximum atomic E-state index is 11.8. The number of halogens is 2. The van der Waals surface area contributed by atoms with Gasteiger partial charge in [0.1, 0.15) is 5.02 Å². The molecular formula is C16H12Cl2N2O5. The van der Waals surface area contributed by atoms with Crippen molar-refractivity contribution in [3.63, 3.8) is 0 Å². The lowest BCUT2D eigenvalue weighted by atomic mass is 10.1. The number of hydrogen-bond acceptors (Lipinski definition) is 5. The molecule has 0 aliphatic carbocycles. The Bertz CT molecular complexity index is 809. The van der Waals surface area contributed by atoms with Crippen LogP contribution in [0.15, 0.2) is 42.5 Å². The van der Waals surface area contributed by atoms with Crippen molar-refractivity contribution in [1.82, 2.24) is 0 Å². The molecule has 25 heavy (non-hydrogen) atoms. The highest BCUT2D eigenvalue weighted by molar-refractivity contribution is 6.32. The molecule has 0 radical (unpaired) electrons. The van der Waals surface area contributed by atoms with E-state index in [9.17, 15) is 19.7 Å². The quantitative estimate of drug-likeness (QED) is 0.467. The van der Waals surface area contributed by atoms with Gasteiger partial charge in [-0.1, -0.05) is 35.3 Å². The fourth-order valence-corrected chi connectivity index (χ4v) is 2.21. The van der Waals surface area contributed by atoms with Crippen molar-refractivity contribution >= 4 is 46.5 Å². The van der Waals surface area contributed by atoms with E-state index in [0.29, 0.717) is 10.6 Å². The monoisotopic (exact) mass is 382 g/mol. The Balaban J connectivity index is 1.86. The Morgan fingerprint density at radius 2 is 1.80 bits per heavy atom.